The zero-order valence-electron chi connectivity index (χ0n) is 10.1. The third-order valence-electron chi connectivity index (χ3n) is 3.54. The highest BCUT2D eigenvalue weighted by Gasteiger charge is 2.19. The van der Waals surface area contributed by atoms with Crippen LogP contribution in [0.4, 0.5) is 0 Å². The summed E-state index contributed by atoms with van der Waals surface area (Å²) in [6, 6.07) is 0. The summed E-state index contributed by atoms with van der Waals surface area (Å²) in [4.78, 5) is 2.51. The molecule has 1 fully saturated rings. The standard InChI is InChI=1S/C11H20N4S/c1-3-14-6-4-10(5-7-14)8-15-9(2)12-13-11(15)16/h10H,3-8H2,1-2H3,(H,13,16). The number of rotatable bonds is 3. The average molecular weight is 240 g/mol. The maximum Gasteiger partial charge on any atom is 0.195 e. The molecule has 1 aliphatic rings. The van der Waals surface area contributed by atoms with E-state index in [9.17, 15) is 0 Å². The Balaban J connectivity index is 1.94. The lowest BCUT2D eigenvalue weighted by atomic mass is 9.97. The van der Waals surface area contributed by atoms with E-state index < -0.39 is 0 Å². The van der Waals surface area contributed by atoms with Gasteiger partial charge in [0.15, 0.2) is 4.77 Å². The van der Waals surface area contributed by atoms with E-state index in [1.807, 2.05) is 6.92 Å². The Morgan fingerprint density at radius 3 is 2.62 bits per heavy atom. The molecule has 2 heterocycles. The molecule has 90 valence electrons. The van der Waals surface area contributed by atoms with Gasteiger partial charge in [0.05, 0.1) is 0 Å². The Morgan fingerprint density at radius 2 is 2.12 bits per heavy atom. The summed E-state index contributed by atoms with van der Waals surface area (Å²) in [6.45, 7) is 8.90. The van der Waals surface area contributed by atoms with Crippen LogP contribution in [0.5, 0.6) is 0 Å². The van der Waals surface area contributed by atoms with Crippen molar-refractivity contribution in [2.24, 2.45) is 5.92 Å². The van der Waals surface area contributed by atoms with Crippen LogP contribution in [0.2, 0.25) is 0 Å². The lowest BCUT2D eigenvalue weighted by molar-refractivity contribution is 0.180. The van der Waals surface area contributed by atoms with Crippen LogP contribution in [-0.4, -0.2) is 39.3 Å². The van der Waals surface area contributed by atoms with Crippen LogP contribution in [0, 0.1) is 17.6 Å². The molecule has 0 aromatic carbocycles. The van der Waals surface area contributed by atoms with Gasteiger partial charge in [-0.2, -0.15) is 5.10 Å². The van der Waals surface area contributed by atoms with Gasteiger partial charge in [0.1, 0.15) is 5.82 Å². The minimum atomic E-state index is 0.755. The Kier molecular flexibility index (Phi) is 3.76. The first-order chi connectivity index (χ1) is 7.70. The van der Waals surface area contributed by atoms with Crippen molar-refractivity contribution in [2.45, 2.75) is 33.2 Å². The number of H-pyrrole nitrogens is 1. The third-order valence-corrected chi connectivity index (χ3v) is 3.86. The summed E-state index contributed by atoms with van der Waals surface area (Å²) < 4.78 is 2.89. The first kappa shape index (κ1) is 11.8. The number of nitrogens with one attached hydrogen (secondary N) is 1. The van der Waals surface area contributed by atoms with E-state index in [1.54, 1.807) is 0 Å². The van der Waals surface area contributed by atoms with Crippen LogP contribution < -0.4 is 0 Å². The van der Waals surface area contributed by atoms with E-state index in [2.05, 4.69) is 26.6 Å². The maximum atomic E-state index is 5.22. The fourth-order valence-corrected chi connectivity index (χ4v) is 2.61. The molecule has 2 rings (SSSR count). The van der Waals surface area contributed by atoms with Gasteiger partial charge in [0.2, 0.25) is 0 Å². The summed E-state index contributed by atoms with van der Waals surface area (Å²) in [7, 11) is 0. The summed E-state index contributed by atoms with van der Waals surface area (Å²) in [5.41, 5.74) is 0. The molecule has 5 heteroatoms. The molecule has 0 saturated carbocycles. The molecule has 0 aliphatic carbocycles. The first-order valence-corrected chi connectivity index (χ1v) is 6.45. The van der Waals surface area contributed by atoms with Crippen molar-refractivity contribution in [1.82, 2.24) is 19.7 Å². The molecule has 0 unspecified atom stereocenters. The van der Waals surface area contributed by atoms with Crippen LogP contribution in [0.15, 0.2) is 0 Å². The highest BCUT2D eigenvalue weighted by atomic mass is 32.1. The second-order valence-electron chi connectivity index (χ2n) is 4.56. The fourth-order valence-electron chi connectivity index (χ4n) is 2.35. The van der Waals surface area contributed by atoms with E-state index in [1.165, 1.54) is 32.5 Å². The topological polar surface area (TPSA) is 36.9 Å². The predicted octanol–water partition coefficient (Wildman–Crippen LogP) is 1.98. The monoisotopic (exact) mass is 240 g/mol. The molecule has 1 saturated heterocycles. The Labute approximate surface area is 102 Å². The van der Waals surface area contributed by atoms with Crippen molar-refractivity contribution in [2.75, 3.05) is 19.6 Å². The number of aromatic amines is 1. The van der Waals surface area contributed by atoms with E-state index >= 15 is 0 Å². The number of piperidine rings is 1. The normalized spacial score (nSPS) is 19.1. The summed E-state index contributed by atoms with van der Waals surface area (Å²) in [5, 5.41) is 7.00. The van der Waals surface area contributed by atoms with Crippen molar-refractivity contribution >= 4 is 12.2 Å². The number of hydrogen-bond donors (Lipinski definition) is 1. The van der Waals surface area contributed by atoms with Crippen molar-refractivity contribution in [1.29, 1.82) is 0 Å². The predicted molar refractivity (Wildman–Crippen MR) is 67.0 cm³/mol. The van der Waals surface area contributed by atoms with Crippen molar-refractivity contribution < 1.29 is 0 Å². The highest BCUT2D eigenvalue weighted by molar-refractivity contribution is 7.71. The Morgan fingerprint density at radius 1 is 1.44 bits per heavy atom. The molecule has 1 aromatic heterocycles. The first-order valence-electron chi connectivity index (χ1n) is 6.05. The second kappa shape index (κ2) is 5.10. The van der Waals surface area contributed by atoms with Crippen LogP contribution in [0.3, 0.4) is 0 Å². The molecular weight excluding hydrogens is 220 g/mol. The molecule has 0 bridgehead atoms. The minimum Gasteiger partial charge on any atom is -0.304 e. The lowest BCUT2D eigenvalue weighted by Crippen LogP contribution is -2.34. The molecule has 0 spiro atoms. The van der Waals surface area contributed by atoms with Crippen molar-refractivity contribution in [3.05, 3.63) is 10.6 Å². The van der Waals surface area contributed by atoms with Crippen molar-refractivity contribution in [3.63, 3.8) is 0 Å². The molecule has 4 nitrogen and oxygen atoms in total. The van der Waals surface area contributed by atoms with Gasteiger partial charge in [-0.1, -0.05) is 6.92 Å². The van der Waals surface area contributed by atoms with Gasteiger partial charge < -0.3 is 9.47 Å². The van der Waals surface area contributed by atoms with Crippen LogP contribution in [0.1, 0.15) is 25.6 Å². The lowest BCUT2D eigenvalue weighted by Gasteiger charge is -2.31. The molecule has 0 atom stereocenters. The highest BCUT2D eigenvalue weighted by Crippen LogP contribution is 2.19. The Hall–Kier alpha value is -0.680. The minimum absolute atomic E-state index is 0.755. The van der Waals surface area contributed by atoms with Gasteiger partial charge in [0, 0.05) is 6.54 Å². The SMILES string of the molecule is CCN1CCC(Cn2c(C)n[nH]c2=S)CC1. The van der Waals surface area contributed by atoms with Crippen LogP contribution in [0.25, 0.3) is 0 Å². The van der Waals surface area contributed by atoms with Crippen molar-refractivity contribution in [3.8, 4) is 0 Å². The van der Waals surface area contributed by atoms with Gasteiger partial charge >= 0.3 is 0 Å². The van der Waals surface area contributed by atoms with Gasteiger partial charge in [-0.3, -0.25) is 5.10 Å². The van der Waals surface area contributed by atoms with Crippen LogP contribution in [-0.2, 0) is 6.54 Å². The van der Waals surface area contributed by atoms with Gasteiger partial charge in [-0.15, -0.1) is 0 Å². The van der Waals surface area contributed by atoms with Gasteiger partial charge in [-0.05, 0) is 57.5 Å². The number of nitrogens with zero attached hydrogens (tertiary/aromatic N) is 3. The molecule has 1 N–H and O–H groups in total. The fraction of sp³-hybridized carbons (Fsp3) is 0.818. The Bertz CT molecular complexity index is 387. The molecule has 16 heavy (non-hydrogen) atoms. The van der Waals surface area contributed by atoms with E-state index in [0.717, 1.165) is 23.1 Å². The number of hydrogen-bond acceptors (Lipinski definition) is 3. The van der Waals surface area contributed by atoms with Crippen LogP contribution >= 0.6 is 12.2 Å². The summed E-state index contributed by atoms with van der Waals surface area (Å²) in [5.74, 6) is 1.76. The van der Waals surface area contributed by atoms with Gasteiger partial charge in [0.25, 0.3) is 0 Å². The number of aryl methyl sites for hydroxylation is 1. The summed E-state index contributed by atoms with van der Waals surface area (Å²) >= 11 is 5.22. The molecule has 0 amide bonds. The van der Waals surface area contributed by atoms with E-state index in [0.29, 0.717) is 0 Å². The molecule has 0 radical (unpaired) electrons. The number of likely N-dealkylation sites (tertiary alicyclic amines) is 1. The van der Waals surface area contributed by atoms with E-state index in [4.69, 9.17) is 12.2 Å². The summed E-state index contributed by atoms with van der Waals surface area (Å²) in [6.07, 6.45) is 2.56. The molecular formula is C11H20N4S. The quantitative estimate of drug-likeness (QED) is 0.821. The molecule has 1 aromatic rings. The average Bonchev–Trinajstić information content (AvgIpc) is 2.62. The number of aromatic nitrogens is 3. The maximum absolute atomic E-state index is 5.22. The van der Waals surface area contributed by atoms with Gasteiger partial charge in [-0.25, -0.2) is 0 Å². The smallest absolute Gasteiger partial charge is 0.195 e. The largest absolute Gasteiger partial charge is 0.304 e. The molecule has 1 aliphatic heterocycles. The zero-order valence-corrected chi connectivity index (χ0v) is 10.9. The zero-order chi connectivity index (χ0) is 11.5. The third kappa shape index (κ3) is 2.52. The second-order valence-corrected chi connectivity index (χ2v) is 4.95. The van der Waals surface area contributed by atoms with E-state index in [-0.39, 0.29) is 0 Å².